The number of amides is 1. The Morgan fingerprint density at radius 3 is 2.73 bits per heavy atom. The number of carbonyl (C=O) groups is 1. The van der Waals surface area contributed by atoms with Crippen molar-refractivity contribution in [2.75, 3.05) is 12.9 Å². The van der Waals surface area contributed by atoms with Gasteiger partial charge < -0.3 is 14.5 Å². The summed E-state index contributed by atoms with van der Waals surface area (Å²) in [6.45, 7) is 0. The zero-order valence-electron chi connectivity index (χ0n) is 16.5. The molecule has 1 aliphatic rings. The van der Waals surface area contributed by atoms with Crippen LogP contribution in [-0.4, -0.2) is 32.2 Å². The molecule has 1 N–H and O–H groups in total. The zero-order chi connectivity index (χ0) is 21.1. The Bertz CT molecular complexity index is 1150. The largest absolute Gasteiger partial charge is 0.497 e. The summed E-state index contributed by atoms with van der Waals surface area (Å²) < 4.78 is 35.4. The number of fused-ring (bicyclic) bond motifs is 1. The van der Waals surface area contributed by atoms with Crippen molar-refractivity contribution >= 4 is 15.7 Å². The van der Waals surface area contributed by atoms with Gasteiger partial charge in [0.15, 0.2) is 21.5 Å². The minimum Gasteiger partial charge on any atom is -0.497 e. The number of aryl methyl sites for hydroxylation is 1. The summed E-state index contributed by atoms with van der Waals surface area (Å²) in [7, 11) is -1.67. The molecule has 7 nitrogen and oxygen atoms in total. The third-order valence-electron chi connectivity index (χ3n) is 5.13. The summed E-state index contributed by atoms with van der Waals surface area (Å²) in [4.78, 5) is 17.0. The maximum atomic E-state index is 12.5. The predicted octanol–water partition coefficient (Wildman–Crippen LogP) is 3.32. The Balaban J connectivity index is 1.37. The molecule has 3 aromatic rings. The van der Waals surface area contributed by atoms with Crippen molar-refractivity contribution in [3.05, 3.63) is 66.2 Å². The van der Waals surface area contributed by atoms with Gasteiger partial charge in [0.2, 0.25) is 5.91 Å². The highest BCUT2D eigenvalue weighted by Gasteiger charge is 2.30. The molecule has 0 fully saturated rings. The van der Waals surface area contributed by atoms with Gasteiger partial charge in [0.1, 0.15) is 5.75 Å². The summed E-state index contributed by atoms with van der Waals surface area (Å²) in [5.41, 5.74) is 1.52. The molecule has 0 spiro atoms. The molecule has 1 unspecified atom stereocenters. The summed E-state index contributed by atoms with van der Waals surface area (Å²) in [6, 6.07) is 14.0. The second-order valence-electron chi connectivity index (χ2n) is 7.11. The van der Waals surface area contributed by atoms with E-state index in [1.54, 1.807) is 37.6 Å². The van der Waals surface area contributed by atoms with Crippen LogP contribution in [0.25, 0.3) is 11.3 Å². The van der Waals surface area contributed by atoms with E-state index < -0.39 is 9.84 Å². The summed E-state index contributed by atoms with van der Waals surface area (Å²) in [5, 5.41) is 2.95. The van der Waals surface area contributed by atoms with Gasteiger partial charge in [-0.05, 0) is 42.3 Å². The van der Waals surface area contributed by atoms with Crippen LogP contribution in [-0.2, 0) is 21.1 Å². The van der Waals surface area contributed by atoms with Crippen LogP contribution in [0.2, 0.25) is 0 Å². The topological polar surface area (TPSA) is 98.5 Å². The highest BCUT2D eigenvalue weighted by atomic mass is 32.2. The molecule has 0 aliphatic carbocycles. The molecule has 2 aromatic carbocycles. The molecule has 0 radical (unpaired) electrons. The molecule has 1 amide bonds. The third kappa shape index (κ3) is 4.23. The number of nitrogens with one attached hydrogen (secondary N) is 1. The highest BCUT2D eigenvalue weighted by molar-refractivity contribution is 7.91. The minimum absolute atomic E-state index is 0.0277. The summed E-state index contributed by atoms with van der Waals surface area (Å²) in [5.74, 6) is 1.72. The van der Waals surface area contributed by atoms with E-state index in [0.29, 0.717) is 35.0 Å². The van der Waals surface area contributed by atoms with Crippen LogP contribution >= 0.6 is 0 Å². The molecule has 1 atom stereocenters. The van der Waals surface area contributed by atoms with Gasteiger partial charge in [-0.15, -0.1) is 0 Å². The monoisotopic (exact) mass is 426 g/mol. The van der Waals surface area contributed by atoms with E-state index in [1.165, 1.54) is 0 Å². The quantitative estimate of drug-likeness (QED) is 0.649. The number of rotatable bonds is 6. The van der Waals surface area contributed by atoms with Crippen LogP contribution in [0.15, 0.2) is 64.0 Å². The van der Waals surface area contributed by atoms with Gasteiger partial charge in [-0.3, -0.25) is 4.79 Å². The second-order valence-corrected chi connectivity index (χ2v) is 9.19. The molecule has 1 aliphatic heterocycles. The Hall–Kier alpha value is -3.13. The van der Waals surface area contributed by atoms with E-state index in [9.17, 15) is 13.2 Å². The van der Waals surface area contributed by atoms with Gasteiger partial charge in [-0.2, -0.15) is 0 Å². The van der Waals surface area contributed by atoms with E-state index >= 15 is 0 Å². The van der Waals surface area contributed by atoms with Crippen molar-refractivity contribution in [1.82, 2.24) is 10.3 Å². The molecule has 4 rings (SSSR count). The fourth-order valence-electron chi connectivity index (χ4n) is 3.54. The second kappa shape index (κ2) is 8.31. The Morgan fingerprint density at radius 1 is 1.20 bits per heavy atom. The summed E-state index contributed by atoms with van der Waals surface area (Å²) in [6.07, 6.45) is 2.56. The van der Waals surface area contributed by atoms with Crippen LogP contribution in [0.1, 0.15) is 30.3 Å². The number of oxazole rings is 1. The van der Waals surface area contributed by atoms with Crippen LogP contribution in [0.3, 0.4) is 0 Å². The predicted molar refractivity (Wildman–Crippen MR) is 111 cm³/mol. The van der Waals surface area contributed by atoms with Gasteiger partial charge in [0, 0.05) is 18.4 Å². The maximum Gasteiger partial charge on any atom is 0.220 e. The highest BCUT2D eigenvalue weighted by Crippen LogP contribution is 2.32. The van der Waals surface area contributed by atoms with E-state index in [2.05, 4.69) is 10.3 Å². The van der Waals surface area contributed by atoms with Gasteiger partial charge in [0.05, 0.1) is 30.0 Å². The molecule has 8 heteroatoms. The Labute approximate surface area is 175 Å². The first-order valence-electron chi connectivity index (χ1n) is 9.66. The lowest BCUT2D eigenvalue weighted by Crippen LogP contribution is -2.34. The normalized spacial score (nSPS) is 17.2. The number of hydrogen-bond acceptors (Lipinski definition) is 6. The van der Waals surface area contributed by atoms with Crippen molar-refractivity contribution in [2.45, 2.75) is 30.2 Å². The number of aromatic nitrogens is 1. The molecule has 2 heterocycles. The van der Waals surface area contributed by atoms with Crippen molar-refractivity contribution < 1.29 is 22.4 Å². The molecular formula is C22H22N2O5S. The van der Waals surface area contributed by atoms with Crippen LogP contribution in [0.5, 0.6) is 5.75 Å². The van der Waals surface area contributed by atoms with Crippen LogP contribution in [0, 0.1) is 0 Å². The van der Waals surface area contributed by atoms with Gasteiger partial charge >= 0.3 is 0 Å². The number of nitrogens with zero attached hydrogens (tertiary/aromatic N) is 1. The first-order valence-corrected chi connectivity index (χ1v) is 11.3. The van der Waals surface area contributed by atoms with Gasteiger partial charge in [-0.1, -0.05) is 18.2 Å². The van der Waals surface area contributed by atoms with Gasteiger partial charge in [-0.25, -0.2) is 13.4 Å². The number of benzene rings is 2. The fraction of sp³-hybridized carbons (Fsp3) is 0.273. The first-order chi connectivity index (χ1) is 14.5. The fourth-order valence-corrected chi connectivity index (χ4v) is 5.16. The average Bonchev–Trinajstić information content (AvgIpc) is 3.24. The Morgan fingerprint density at radius 2 is 1.97 bits per heavy atom. The molecule has 156 valence electrons. The SMILES string of the molecule is COc1ccc(-c2cnc(CCC(=O)NC3CCS(=O)(=O)c4ccccc43)o2)cc1. The van der Waals surface area contributed by atoms with E-state index in [1.807, 2.05) is 24.3 Å². The van der Waals surface area contributed by atoms with Crippen molar-refractivity contribution in [1.29, 1.82) is 0 Å². The van der Waals surface area contributed by atoms with Crippen molar-refractivity contribution in [3.8, 4) is 17.1 Å². The van der Waals surface area contributed by atoms with E-state index in [4.69, 9.17) is 9.15 Å². The maximum absolute atomic E-state index is 12.5. The molecule has 30 heavy (non-hydrogen) atoms. The molecule has 0 saturated carbocycles. The molecule has 1 aromatic heterocycles. The van der Waals surface area contributed by atoms with Crippen LogP contribution in [0.4, 0.5) is 0 Å². The number of sulfone groups is 1. The average molecular weight is 426 g/mol. The number of carbonyl (C=O) groups excluding carboxylic acids is 1. The lowest BCUT2D eigenvalue weighted by molar-refractivity contribution is -0.121. The van der Waals surface area contributed by atoms with Crippen LogP contribution < -0.4 is 10.1 Å². The Kier molecular flexibility index (Phi) is 5.59. The lowest BCUT2D eigenvalue weighted by atomic mass is 10.0. The lowest BCUT2D eigenvalue weighted by Gasteiger charge is -2.26. The number of ether oxygens (including phenoxy) is 1. The number of hydrogen-bond donors (Lipinski definition) is 1. The standard InChI is InChI=1S/C22H22N2O5S/c1-28-16-8-6-15(7-9-16)19-14-23-22(29-19)11-10-21(25)24-18-12-13-30(26,27)20-5-3-2-4-17(18)20/h2-9,14,18H,10-13H2,1H3,(H,24,25). The van der Waals surface area contributed by atoms with Crippen molar-refractivity contribution in [3.63, 3.8) is 0 Å². The molecule has 0 bridgehead atoms. The van der Waals surface area contributed by atoms with Crippen molar-refractivity contribution in [2.24, 2.45) is 0 Å². The van der Waals surface area contributed by atoms with Gasteiger partial charge in [0.25, 0.3) is 0 Å². The minimum atomic E-state index is -3.28. The first kappa shape index (κ1) is 20.2. The molecule has 0 saturated heterocycles. The van der Waals surface area contributed by atoms with E-state index in [-0.39, 0.29) is 24.1 Å². The smallest absolute Gasteiger partial charge is 0.220 e. The summed E-state index contributed by atoms with van der Waals surface area (Å²) >= 11 is 0. The zero-order valence-corrected chi connectivity index (χ0v) is 17.3. The van der Waals surface area contributed by atoms with E-state index in [0.717, 1.165) is 11.3 Å². The molecular weight excluding hydrogens is 404 g/mol. The third-order valence-corrected chi connectivity index (χ3v) is 6.95. The number of methoxy groups -OCH3 is 1.